The van der Waals surface area contributed by atoms with E-state index in [0.29, 0.717) is 37.9 Å². The molecule has 4 rings (SSSR count). The Bertz CT molecular complexity index is 1400. The topological polar surface area (TPSA) is 81.1 Å². The van der Waals surface area contributed by atoms with Gasteiger partial charge < -0.3 is 5.32 Å². The Morgan fingerprint density at radius 1 is 1.06 bits per heavy atom. The molecule has 0 unspecified atom stereocenters. The van der Waals surface area contributed by atoms with Gasteiger partial charge in [0.2, 0.25) is 5.91 Å². The van der Waals surface area contributed by atoms with Gasteiger partial charge in [-0.15, -0.1) is 0 Å². The Labute approximate surface area is 189 Å². The van der Waals surface area contributed by atoms with E-state index in [0.717, 1.165) is 6.26 Å². The largest absolute Gasteiger partial charge is 0.326 e. The van der Waals surface area contributed by atoms with Gasteiger partial charge in [-0.25, -0.2) is 13.1 Å². The van der Waals surface area contributed by atoms with Crippen molar-refractivity contribution in [2.75, 3.05) is 11.6 Å². The molecular formula is C22H17Cl2N3O3S. The maximum Gasteiger partial charge on any atom is 0.228 e. The third-order valence-corrected chi connectivity index (χ3v) is 6.47. The van der Waals surface area contributed by atoms with Crippen LogP contribution in [0.15, 0.2) is 71.8 Å². The fourth-order valence-corrected chi connectivity index (χ4v) is 4.51. The van der Waals surface area contributed by atoms with Gasteiger partial charge in [0.25, 0.3) is 0 Å². The van der Waals surface area contributed by atoms with Gasteiger partial charge in [0.1, 0.15) is 0 Å². The number of aromatic nitrogens is 2. The highest BCUT2D eigenvalue weighted by Gasteiger charge is 2.19. The summed E-state index contributed by atoms with van der Waals surface area (Å²) in [6, 6.07) is 17.2. The van der Waals surface area contributed by atoms with Crippen molar-refractivity contribution < 1.29 is 13.2 Å². The highest BCUT2D eigenvalue weighted by Crippen LogP contribution is 2.30. The van der Waals surface area contributed by atoms with Crippen molar-refractivity contribution in [2.45, 2.75) is 11.3 Å². The molecule has 4 aromatic rings. The zero-order valence-corrected chi connectivity index (χ0v) is 18.7. The number of carbonyl (C=O) groups is 1. The van der Waals surface area contributed by atoms with E-state index < -0.39 is 9.84 Å². The minimum atomic E-state index is -3.58. The summed E-state index contributed by atoms with van der Waals surface area (Å²) < 4.78 is 26.5. The summed E-state index contributed by atoms with van der Waals surface area (Å²) in [5.41, 5.74) is 2.27. The van der Waals surface area contributed by atoms with Crippen molar-refractivity contribution in [3.63, 3.8) is 0 Å². The van der Waals surface area contributed by atoms with Crippen LogP contribution in [0, 0.1) is 0 Å². The second-order valence-corrected chi connectivity index (χ2v) is 9.86. The molecule has 1 N–H and O–H groups in total. The lowest BCUT2D eigenvalue weighted by molar-refractivity contribution is -0.115. The van der Waals surface area contributed by atoms with Crippen LogP contribution >= 0.6 is 23.2 Å². The van der Waals surface area contributed by atoms with Crippen molar-refractivity contribution >= 4 is 55.5 Å². The van der Waals surface area contributed by atoms with Crippen LogP contribution in [0.25, 0.3) is 16.6 Å². The molecule has 0 radical (unpaired) electrons. The van der Waals surface area contributed by atoms with E-state index in [1.807, 2.05) is 0 Å². The van der Waals surface area contributed by atoms with Crippen molar-refractivity contribution in [3.8, 4) is 5.69 Å². The number of amides is 1. The summed E-state index contributed by atoms with van der Waals surface area (Å²) in [5.74, 6) is -0.315. The quantitative estimate of drug-likeness (QED) is 0.446. The monoisotopic (exact) mass is 473 g/mol. The number of nitrogens with zero attached hydrogens (tertiary/aromatic N) is 2. The first-order chi connectivity index (χ1) is 14.7. The van der Waals surface area contributed by atoms with E-state index in [4.69, 9.17) is 23.2 Å². The number of carbonyl (C=O) groups excluding carboxylic acids is 1. The predicted molar refractivity (Wildman–Crippen MR) is 123 cm³/mol. The zero-order valence-electron chi connectivity index (χ0n) is 16.3. The van der Waals surface area contributed by atoms with Gasteiger partial charge in [0, 0.05) is 27.4 Å². The van der Waals surface area contributed by atoms with Gasteiger partial charge in [-0.3, -0.25) is 4.79 Å². The average Bonchev–Trinajstić information content (AvgIpc) is 3.13. The maximum atomic E-state index is 12.6. The lowest BCUT2D eigenvalue weighted by atomic mass is 10.1. The lowest BCUT2D eigenvalue weighted by Gasteiger charge is -2.11. The van der Waals surface area contributed by atoms with Crippen LogP contribution in [-0.2, 0) is 21.1 Å². The Kier molecular flexibility index (Phi) is 5.75. The van der Waals surface area contributed by atoms with Crippen LogP contribution in [-0.4, -0.2) is 30.4 Å². The fraction of sp³-hybridized carbons (Fsp3) is 0.0909. The van der Waals surface area contributed by atoms with Crippen LogP contribution in [0.2, 0.25) is 10.0 Å². The molecule has 0 aliphatic carbocycles. The third-order valence-electron chi connectivity index (χ3n) is 4.71. The number of sulfone groups is 1. The van der Waals surface area contributed by atoms with E-state index in [2.05, 4.69) is 10.4 Å². The van der Waals surface area contributed by atoms with Gasteiger partial charge in [-0.2, -0.15) is 5.10 Å². The lowest BCUT2D eigenvalue weighted by Crippen LogP contribution is -2.15. The number of halogens is 2. The summed E-state index contributed by atoms with van der Waals surface area (Å²) in [5, 5.41) is 8.65. The highest BCUT2D eigenvalue weighted by molar-refractivity contribution is 7.91. The molecule has 1 heterocycles. The van der Waals surface area contributed by atoms with Gasteiger partial charge in [-0.1, -0.05) is 41.4 Å². The second kappa shape index (κ2) is 8.34. The molecular weight excluding hydrogens is 457 g/mol. The third kappa shape index (κ3) is 4.58. The zero-order chi connectivity index (χ0) is 22.2. The maximum absolute atomic E-state index is 12.6. The highest BCUT2D eigenvalue weighted by atomic mass is 35.5. The van der Waals surface area contributed by atoms with E-state index in [1.54, 1.807) is 59.3 Å². The van der Waals surface area contributed by atoms with Crippen molar-refractivity contribution in [1.82, 2.24) is 9.78 Å². The van der Waals surface area contributed by atoms with Gasteiger partial charge in [-0.05, 0) is 48.0 Å². The molecule has 0 spiro atoms. The van der Waals surface area contributed by atoms with Gasteiger partial charge in [0.05, 0.1) is 28.7 Å². The molecule has 31 heavy (non-hydrogen) atoms. The van der Waals surface area contributed by atoms with E-state index in [9.17, 15) is 13.2 Å². The van der Waals surface area contributed by atoms with Crippen molar-refractivity contribution in [1.29, 1.82) is 0 Å². The molecule has 6 nitrogen and oxygen atoms in total. The van der Waals surface area contributed by atoms with E-state index in [1.165, 1.54) is 12.3 Å². The summed E-state index contributed by atoms with van der Waals surface area (Å²) in [4.78, 5) is 12.7. The molecule has 1 amide bonds. The molecule has 0 saturated carbocycles. The van der Waals surface area contributed by atoms with Crippen LogP contribution in [0.3, 0.4) is 0 Å². The van der Waals surface area contributed by atoms with E-state index >= 15 is 0 Å². The fourth-order valence-electron chi connectivity index (χ4n) is 3.28. The molecule has 0 saturated heterocycles. The van der Waals surface area contributed by atoms with E-state index in [-0.39, 0.29) is 17.2 Å². The molecule has 0 aliphatic heterocycles. The van der Waals surface area contributed by atoms with Crippen molar-refractivity contribution in [3.05, 3.63) is 82.5 Å². The minimum absolute atomic E-state index is 0.0579. The molecule has 3 aromatic carbocycles. The van der Waals surface area contributed by atoms with Crippen LogP contribution in [0.5, 0.6) is 0 Å². The molecule has 158 valence electrons. The summed E-state index contributed by atoms with van der Waals surface area (Å²) in [7, 11) is -3.58. The number of rotatable bonds is 5. The SMILES string of the molecule is CS(=O)(=O)c1cc(NC(=O)Cc2ccccc2Cl)cc2c1cnn2-c1ccc(Cl)cc1. The first-order valence-corrected chi connectivity index (χ1v) is 11.9. The second-order valence-electron chi connectivity index (χ2n) is 7.03. The average molecular weight is 474 g/mol. The smallest absolute Gasteiger partial charge is 0.228 e. The van der Waals surface area contributed by atoms with Crippen LogP contribution < -0.4 is 5.32 Å². The summed E-state index contributed by atoms with van der Waals surface area (Å²) in [6.45, 7) is 0. The number of hydrogen-bond acceptors (Lipinski definition) is 4. The van der Waals surface area contributed by atoms with Crippen LogP contribution in [0.1, 0.15) is 5.56 Å². The van der Waals surface area contributed by atoms with Gasteiger partial charge >= 0.3 is 0 Å². The Balaban J connectivity index is 1.76. The first kappa shape index (κ1) is 21.4. The molecule has 0 aliphatic rings. The molecule has 1 aromatic heterocycles. The number of benzene rings is 3. The number of anilines is 1. The number of nitrogens with one attached hydrogen (secondary N) is 1. The van der Waals surface area contributed by atoms with Crippen molar-refractivity contribution in [2.24, 2.45) is 0 Å². The molecule has 9 heteroatoms. The number of fused-ring (bicyclic) bond motifs is 1. The Morgan fingerprint density at radius 3 is 2.45 bits per heavy atom. The van der Waals surface area contributed by atoms with Crippen LogP contribution in [0.4, 0.5) is 5.69 Å². The Hall–Kier alpha value is -2.87. The molecule has 0 fully saturated rings. The molecule has 0 bridgehead atoms. The summed E-state index contributed by atoms with van der Waals surface area (Å²) >= 11 is 12.1. The van der Waals surface area contributed by atoms with Gasteiger partial charge in [0.15, 0.2) is 9.84 Å². The number of hydrogen-bond donors (Lipinski definition) is 1. The predicted octanol–water partition coefficient (Wildman–Crippen LogP) is 4.92. The first-order valence-electron chi connectivity index (χ1n) is 9.23. The minimum Gasteiger partial charge on any atom is -0.326 e. The summed E-state index contributed by atoms with van der Waals surface area (Å²) in [6.07, 6.45) is 2.68. The standard InChI is InChI=1S/C22H17Cl2N3O3S/c1-31(29,30)21-12-16(26-22(28)10-14-4-2-3-5-19(14)24)11-20-18(21)13-25-27(20)17-8-6-15(23)7-9-17/h2-9,11-13H,10H2,1H3,(H,26,28). The normalized spacial score (nSPS) is 11.6. The molecule has 0 atom stereocenters. The Morgan fingerprint density at radius 2 is 1.77 bits per heavy atom.